The molecule has 6 nitrogen and oxygen atoms in total. The van der Waals surface area contributed by atoms with Crippen molar-refractivity contribution in [3.8, 4) is 0 Å². The number of carbonyl (C=O) groups is 1. The van der Waals surface area contributed by atoms with Gasteiger partial charge in [-0.3, -0.25) is 4.79 Å². The minimum absolute atomic E-state index is 0. The summed E-state index contributed by atoms with van der Waals surface area (Å²) in [6.07, 6.45) is 2.44. The Kier molecular flexibility index (Phi) is 11.0. The van der Waals surface area contributed by atoms with Gasteiger partial charge in [-0.1, -0.05) is 15.9 Å². The van der Waals surface area contributed by atoms with E-state index in [1.165, 1.54) is 0 Å². The second-order valence-corrected chi connectivity index (χ2v) is 6.23. The fourth-order valence-corrected chi connectivity index (χ4v) is 2.37. The van der Waals surface area contributed by atoms with E-state index in [4.69, 9.17) is 4.42 Å². The van der Waals surface area contributed by atoms with Crippen molar-refractivity contribution in [2.24, 2.45) is 4.99 Å². The SMILES string of the molecule is CCNC(=NCc1ccco1)NCCCNC(=O)c1ccc(Br)cc1.I. The van der Waals surface area contributed by atoms with Crippen LogP contribution in [-0.2, 0) is 6.54 Å². The highest BCUT2D eigenvalue weighted by Gasteiger charge is 2.04. The summed E-state index contributed by atoms with van der Waals surface area (Å²) in [5.74, 6) is 1.49. The highest BCUT2D eigenvalue weighted by Crippen LogP contribution is 2.10. The molecule has 2 aromatic rings. The fraction of sp³-hybridized carbons (Fsp3) is 0.333. The first-order chi connectivity index (χ1) is 12.2. The molecule has 0 aliphatic rings. The molecular weight excluding hydrogens is 511 g/mol. The maximum Gasteiger partial charge on any atom is 0.251 e. The molecule has 1 aromatic heterocycles. The Morgan fingerprint density at radius 2 is 1.85 bits per heavy atom. The highest BCUT2D eigenvalue weighted by atomic mass is 127. The van der Waals surface area contributed by atoms with Crippen molar-refractivity contribution in [1.82, 2.24) is 16.0 Å². The molecular formula is C18H24BrIN4O2. The summed E-state index contributed by atoms with van der Waals surface area (Å²) < 4.78 is 6.22. The quantitative estimate of drug-likeness (QED) is 0.209. The standard InChI is InChI=1S/C18H23BrN4O2.HI/c1-2-20-18(23-13-16-5-3-12-25-16)22-11-4-10-21-17(24)14-6-8-15(19)9-7-14;/h3,5-9,12H,2,4,10-11,13H2,1H3,(H,21,24)(H2,20,22,23);1H. The molecule has 1 amide bonds. The average Bonchev–Trinajstić information content (AvgIpc) is 3.13. The minimum atomic E-state index is -0.0640. The topological polar surface area (TPSA) is 78.7 Å². The number of furan rings is 1. The van der Waals surface area contributed by atoms with Crippen molar-refractivity contribution in [2.75, 3.05) is 19.6 Å². The molecule has 0 atom stereocenters. The number of guanidine groups is 1. The van der Waals surface area contributed by atoms with Gasteiger partial charge in [0.15, 0.2) is 5.96 Å². The third-order valence-electron chi connectivity index (χ3n) is 3.36. The summed E-state index contributed by atoms with van der Waals surface area (Å²) in [7, 11) is 0. The van der Waals surface area contributed by atoms with Crippen molar-refractivity contribution in [3.05, 3.63) is 58.5 Å². The predicted octanol–water partition coefficient (Wildman–Crippen LogP) is 3.54. The Balaban J connectivity index is 0.00000338. The number of hydrogen-bond acceptors (Lipinski definition) is 3. The highest BCUT2D eigenvalue weighted by molar-refractivity contribution is 14.0. The van der Waals surface area contributed by atoms with E-state index < -0.39 is 0 Å². The predicted molar refractivity (Wildman–Crippen MR) is 118 cm³/mol. The zero-order chi connectivity index (χ0) is 17.9. The van der Waals surface area contributed by atoms with Crippen LogP contribution in [0.15, 0.2) is 56.5 Å². The largest absolute Gasteiger partial charge is 0.467 e. The molecule has 0 spiro atoms. The van der Waals surface area contributed by atoms with Gasteiger partial charge in [-0.25, -0.2) is 4.99 Å². The summed E-state index contributed by atoms with van der Waals surface area (Å²) in [5, 5.41) is 9.33. The van der Waals surface area contributed by atoms with Crippen LogP contribution in [0.1, 0.15) is 29.5 Å². The van der Waals surface area contributed by atoms with Gasteiger partial charge in [0.25, 0.3) is 5.91 Å². The lowest BCUT2D eigenvalue weighted by Crippen LogP contribution is -2.38. The van der Waals surface area contributed by atoms with E-state index in [9.17, 15) is 4.79 Å². The van der Waals surface area contributed by atoms with Crippen LogP contribution in [0.4, 0.5) is 0 Å². The Morgan fingerprint density at radius 3 is 2.50 bits per heavy atom. The summed E-state index contributed by atoms with van der Waals surface area (Å²) in [6, 6.07) is 11.0. The Morgan fingerprint density at radius 1 is 1.12 bits per heavy atom. The molecule has 0 unspecified atom stereocenters. The third kappa shape index (κ3) is 8.22. The molecule has 1 aromatic carbocycles. The van der Waals surface area contributed by atoms with Crippen LogP contribution < -0.4 is 16.0 Å². The number of carbonyl (C=O) groups excluding carboxylic acids is 1. The first kappa shape index (κ1) is 22.5. The molecule has 3 N–H and O–H groups in total. The van der Waals surface area contributed by atoms with E-state index in [2.05, 4.69) is 36.9 Å². The van der Waals surface area contributed by atoms with Crippen LogP contribution in [0.25, 0.3) is 0 Å². The maximum absolute atomic E-state index is 12.0. The van der Waals surface area contributed by atoms with Crippen LogP contribution in [-0.4, -0.2) is 31.5 Å². The van der Waals surface area contributed by atoms with E-state index in [1.54, 1.807) is 18.4 Å². The van der Waals surface area contributed by atoms with Gasteiger partial charge in [0, 0.05) is 29.7 Å². The van der Waals surface area contributed by atoms with Crippen LogP contribution in [0.3, 0.4) is 0 Å². The monoisotopic (exact) mass is 534 g/mol. The van der Waals surface area contributed by atoms with Gasteiger partial charge in [-0.2, -0.15) is 0 Å². The third-order valence-corrected chi connectivity index (χ3v) is 3.88. The molecule has 0 saturated carbocycles. The molecule has 0 radical (unpaired) electrons. The van der Waals surface area contributed by atoms with Gasteiger partial charge in [0.05, 0.1) is 6.26 Å². The Bertz CT molecular complexity index is 675. The number of rotatable bonds is 8. The number of hydrogen-bond donors (Lipinski definition) is 3. The van der Waals surface area contributed by atoms with Crippen LogP contribution >= 0.6 is 39.9 Å². The van der Waals surface area contributed by atoms with Crippen LogP contribution in [0, 0.1) is 0 Å². The lowest BCUT2D eigenvalue weighted by Gasteiger charge is -2.11. The second-order valence-electron chi connectivity index (χ2n) is 5.32. The molecule has 142 valence electrons. The maximum atomic E-state index is 12.0. The molecule has 2 rings (SSSR count). The van der Waals surface area contributed by atoms with Crippen molar-refractivity contribution in [2.45, 2.75) is 19.9 Å². The number of nitrogens with one attached hydrogen (secondary N) is 3. The Hall–Kier alpha value is -1.55. The van der Waals surface area contributed by atoms with E-state index in [0.29, 0.717) is 25.2 Å². The summed E-state index contributed by atoms with van der Waals surface area (Å²) in [6.45, 7) is 4.60. The van der Waals surface area contributed by atoms with Gasteiger partial charge < -0.3 is 20.4 Å². The zero-order valence-corrected chi connectivity index (χ0v) is 18.5. The number of halogens is 2. The molecule has 0 aliphatic carbocycles. The van der Waals surface area contributed by atoms with Crippen molar-refractivity contribution in [1.29, 1.82) is 0 Å². The number of aliphatic imine (C=N–C) groups is 1. The van der Waals surface area contributed by atoms with Crippen LogP contribution in [0.5, 0.6) is 0 Å². The van der Waals surface area contributed by atoms with Gasteiger partial charge in [-0.15, -0.1) is 24.0 Å². The van der Waals surface area contributed by atoms with Crippen molar-refractivity contribution in [3.63, 3.8) is 0 Å². The molecule has 1 heterocycles. The van der Waals surface area contributed by atoms with Gasteiger partial charge in [0.2, 0.25) is 0 Å². The van der Waals surface area contributed by atoms with E-state index in [1.807, 2.05) is 31.2 Å². The molecule has 0 bridgehead atoms. The number of nitrogens with zero attached hydrogens (tertiary/aromatic N) is 1. The first-order valence-electron chi connectivity index (χ1n) is 8.27. The van der Waals surface area contributed by atoms with E-state index in [0.717, 1.165) is 29.2 Å². The Labute approximate surface area is 179 Å². The summed E-state index contributed by atoms with van der Waals surface area (Å²) in [5.41, 5.74) is 0.657. The normalized spacial score (nSPS) is 10.8. The molecule has 26 heavy (non-hydrogen) atoms. The molecule has 0 aliphatic heterocycles. The zero-order valence-electron chi connectivity index (χ0n) is 14.6. The van der Waals surface area contributed by atoms with Gasteiger partial charge >= 0.3 is 0 Å². The molecule has 0 saturated heterocycles. The lowest BCUT2D eigenvalue weighted by atomic mass is 10.2. The lowest BCUT2D eigenvalue weighted by molar-refractivity contribution is 0.0953. The van der Waals surface area contributed by atoms with Crippen LogP contribution in [0.2, 0.25) is 0 Å². The molecule has 0 fully saturated rings. The summed E-state index contributed by atoms with van der Waals surface area (Å²) in [4.78, 5) is 16.4. The van der Waals surface area contributed by atoms with Crippen molar-refractivity contribution < 1.29 is 9.21 Å². The van der Waals surface area contributed by atoms with Gasteiger partial charge in [0.1, 0.15) is 12.3 Å². The number of amides is 1. The average molecular weight is 535 g/mol. The summed E-state index contributed by atoms with van der Waals surface area (Å²) >= 11 is 3.36. The first-order valence-corrected chi connectivity index (χ1v) is 9.06. The second kappa shape index (κ2) is 12.7. The van der Waals surface area contributed by atoms with E-state index >= 15 is 0 Å². The van der Waals surface area contributed by atoms with Crippen molar-refractivity contribution >= 4 is 51.8 Å². The molecule has 8 heteroatoms. The minimum Gasteiger partial charge on any atom is -0.467 e. The van der Waals surface area contributed by atoms with Gasteiger partial charge in [-0.05, 0) is 49.7 Å². The number of benzene rings is 1. The van der Waals surface area contributed by atoms with E-state index in [-0.39, 0.29) is 29.9 Å². The smallest absolute Gasteiger partial charge is 0.251 e. The fourth-order valence-electron chi connectivity index (χ4n) is 2.10.